The highest BCUT2D eigenvalue weighted by Crippen LogP contribution is 2.58. The molecule has 0 bridgehead atoms. The van der Waals surface area contributed by atoms with Crippen molar-refractivity contribution < 1.29 is 14.3 Å². The molecule has 1 aliphatic heterocycles. The number of ether oxygens (including phenoxy) is 1. The predicted octanol–water partition coefficient (Wildman–Crippen LogP) is 7.40. The van der Waals surface area contributed by atoms with Gasteiger partial charge in [-0.2, -0.15) is 0 Å². The third-order valence-corrected chi connectivity index (χ3v) is 8.89. The van der Waals surface area contributed by atoms with Crippen LogP contribution in [0.3, 0.4) is 0 Å². The molecule has 0 N–H and O–H groups in total. The number of thiazole rings is 1. The quantitative estimate of drug-likeness (QED) is 0.420. The Bertz CT molecular complexity index is 885. The number of carbonyl (C=O) groups excluding carboxylic acids is 2. The fourth-order valence-electron chi connectivity index (χ4n) is 5.64. The van der Waals surface area contributed by atoms with E-state index in [4.69, 9.17) is 4.74 Å². The first kappa shape index (κ1) is 26.1. The summed E-state index contributed by atoms with van der Waals surface area (Å²) in [6, 6.07) is 0. The summed E-state index contributed by atoms with van der Waals surface area (Å²) in [7, 11) is 0. The maximum Gasteiger partial charge on any atom is 0.306 e. The van der Waals surface area contributed by atoms with Crippen molar-refractivity contribution in [1.82, 2.24) is 4.98 Å². The largest absolute Gasteiger partial charge is 0.458 e. The molecule has 3 rings (SSSR count). The fraction of sp³-hybridized carbons (Fsp3) is 0.750. The van der Waals surface area contributed by atoms with Crippen molar-refractivity contribution in [3.8, 4) is 0 Å². The Balaban J connectivity index is 1.79. The van der Waals surface area contributed by atoms with E-state index in [9.17, 15) is 9.59 Å². The van der Waals surface area contributed by atoms with Crippen LogP contribution in [0.4, 0.5) is 0 Å². The second-order valence-corrected chi connectivity index (χ2v) is 12.9. The number of hydrogen-bond donors (Lipinski definition) is 0. The van der Waals surface area contributed by atoms with Gasteiger partial charge in [-0.15, -0.1) is 11.3 Å². The first-order valence-corrected chi connectivity index (χ1v) is 13.6. The Morgan fingerprint density at radius 2 is 1.91 bits per heavy atom. The van der Waals surface area contributed by atoms with E-state index in [-0.39, 0.29) is 30.2 Å². The molecule has 33 heavy (non-hydrogen) atoms. The smallest absolute Gasteiger partial charge is 0.306 e. The highest BCUT2D eigenvalue weighted by Gasteiger charge is 2.50. The Labute approximate surface area is 204 Å². The molecular formula is C28H43NO3S. The van der Waals surface area contributed by atoms with Crippen molar-refractivity contribution in [2.75, 3.05) is 0 Å². The molecule has 2 heterocycles. The van der Waals surface area contributed by atoms with Gasteiger partial charge in [-0.05, 0) is 74.9 Å². The van der Waals surface area contributed by atoms with Gasteiger partial charge in [-0.25, -0.2) is 4.98 Å². The summed E-state index contributed by atoms with van der Waals surface area (Å²) in [5.41, 5.74) is 1.83. The maximum absolute atomic E-state index is 13.1. The van der Waals surface area contributed by atoms with Crippen LogP contribution < -0.4 is 0 Å². The molecule has 1 saturated carbocycles. The SMILES string of the molecule is C/C(=C\c1csc(C)n1)C1CC2CC2(C)CCCC(C)CC(C)C(=O)C(C)(C)CCC(=O)O1. The molecule has 2 aliphatic rings. The zero-order chi connectivity index (χ0) is 24.4. The van der Waals surface area contributed by atoms with E-state index >= 15 is 0 Å². The van der Waals surface area contributed by atoms with E-state index in [0.29, 0.717) is 23.7 Å². The standard InChI is InChI=1S/C28H43NO3S/c1-18-9-8-11-28(7)16-22(28)15-24(19(2)14-23-17-33-21(4)29-23)32-25(30)10-12-27(5,6)26(31)20(3)13-18/h14,17-18,20,22,24H,8-13,15-16H2,1-7H3/b19-14+. The zero-order valence-electron chi connectivity index (χ0n) is 21.7. The van der Waals surface area contributed by atoms with Gasteiger partial charge in [0.15, 0.2) is 0 Å². The van der Waals surface area contributed by atoms with E-state index < -0.39 is 5.41 Å². The lowest BCUT2D eigenvalue weighted by Gasteiger charge is -2.28. The first-order valence-electron chi connectivity index (χ1n) is 12.7. The van der Waals surface area contributed by atoms with E-state index in [1.54, 1.807) is 11.3 Å². The molecular weight excluding hydrogens is 430 g/mol. The monoisotopic (exact) mass is 473 g/mol. The minimum Gasteiger partial charge on any atom is -0.458 e. The first-order chi connectivity index (χ1) is 15.4. The molecule has 184 valence electrons. The van der Waals surface area contributed by atoms with Crippen molar-refractivity contribution in [3.63, 3.8) is 0 Å². The average molecular weight is 474 g/mol. The molecule has 5 heteroatoms. The zero-order valence-corrected chi connectivity index (χ0v) is 22.5. The van der Waals surface area contributed by atoms with E-state index in [2.05, 4.69) is 38.8 Å². The van der Waals surface area contributed by atoms with Crippen molar-refractivity contribution in [3.05, 3.63) is 21.7 Å². The molecule has 1 aromatic heterocycles. The van der Waals surface area contributed by atoms with Crippen LogP contribution in [-0.2, 0) is 14.3 Å². The van der Waals surface area contributed by atoms with Crippen LogP contribution in [0.25, 0.3) is 6.08 Å². The van der Waals surface area contributed by atoms with Gasteiger partial charge in [0.25, 0.3) is 0 Å². The maximum atomic E-state index is 13.1. The summed E-state index contributed by atoms with van der Waals surface area (Å²) in [5.74, 6) is 1.25. The number of cyclic esters (lactones) is 1. The lowest BCUT2D eigenvalue weighted by molar-refractivity contribution is -0.149. The Hall–Kier alpha value is -1.49. The van der Waals surface area contributed by atoms with Crippen LogP contribution in [0.2, 0.25) is 0 Å². The Morgan fingerprint density at radius 1 is 1.18 bits per heavy atom. The van der Waals surface area contributed by atoms with Gasteiger partial charge < -0.3 is 4.74 Å². The van der Waals surface area contributed by atoms with Gasteiger partial charge in [0.05, 0.1) is 10.7 Å². The number of rotatable bonds is 2. The van der Waals surface area contributed by atoms with Crippen LogP contribution in [0.1, 0.15) is 104 Å². The van der Waals surface area contributed by atoms with Crippen LogP contribution in [0.5, 0.6) is 0 Å². The van der Waals surface area contributed by atoms with Crippen molar-refractivity contribution in [2.45, 2.75) is 106 Å². The number of nitrogens with zero attached hydrogens (tertiary/aromatic N) is 1. The molecule has 5 unspecified atom stereocenters. The van der Waals surface area contributed by atoms with Gasteiger partial charge in [0.1, 0.15) is 11.9 Å². The third-order valence-electron chi connectivity index (χ3n) is 8.10. The van der Waals surface area contributed by atoms with Crippen molar-refractivity contribution in [2.24, 2.45) is 28.6 Å². The minimum atomic E-state index is -0.511. The number of aromatic nitrogens is 1. The van der Waals surface area contributed by atoms with Gasteiger partial charge >= 0.3 is 5.97 Å². The topological polar surface area (TPSA) is 56.3 Å². The molecule has 1 saturated heterocycles. The summed E-state index contributed by atoms with van der Waals surface area (Å²) in [5, 5.41) is 3.09. The highest BCUT2D eigenvalue weighted by molar-refractivity contribution is 7.09. The summed E-state index contributed by atoms with van der Waals surface area (Å²) in [6.07, 6.45) is 9.28. The Morgan fingerprint density at radius 3 is 2.58 bits per heavy atom. The third kappa shape index (κ3) is 7.00. The molecule has 2 fully saturated rings. The van der Waals surface area contributed by atoms with E-state index in [1.807, 2.05) is 26.2 Å². The molecule has 4 nitrogen and oxygen atoms in total. The number of hydrogen-bond acceptors (Lipinski definition) is 5. The number of esters is 1. The number of carbonyl (C=O) groups is 2. The second kappa shape index (κ2) is 10.4. The van der Waals surface area contributed by atoms with E-state index in [0.717, 1.165) is 29.1 Å². The van der Waals surface area contributed by atoms with Crippen molar-refractivity contribution in [1.29, 1.82) is 0 Å². The molecule has 5 atom stereocenters. The number of aryl methyl sites for hydroxylation is 1. The predicted molar refractivity (Wildman–Crippen MR) is 136 cm³/mol. The minimum absolute atomic E-state index is 0.0303. The van der Waals surface area contributed by atoms with Crippen LogP contribution in [0, 0.1) is 35.5 Å². The van der Waals surface area contributed by atoms with Crippen LogP contribution in [0.15, 0.2) is 11.0 Å². The molecule has 0 spiro atoms. The van der Waals surface area contributed by atoms with Gasteiger partial charge in [-0.1, -0.05) is 47.5 Å². The summed E-state index contributed by atoms with van der Waals surface area (Å²) in [6.45, 7) is 14.8. The fourth-order valence-corrected chi connectivity index (χ4v) is 6.21. The Kier molecular flexibility index (Phi) is 8.24. The number of ketones is 1. The second-order valence-electron chi connectivity index (χ2n) is 11.8. The highest BCUT2D eigenvalue weighted by atomic mass is 32.1. The molecule has 1 aromatic rings. The summed E-state index contributed by atoms with van der Waals surface area (Å²) >= 11 is 1.63. The molecule has 1 aliphatic carbocycles. The molecule has 0 amide bonds. The lowest BCUT2D eigenvalue weighted by atomic mass is 9.75. The van der Waals surface area contributed by atoms with Crippen molar-refractivity contribution >= 4 is 29.2 Å². The number of Topliss-reactive ketones (excluding diaryl/α,β-unsaturated/α-hetero) is 1. The van der Waals surface area contributed by atoms with Gasteiger partial charge in [-0.3, -0.25) is 9.59 Å². The average Bonchev–Trinajstić information content (AvgIpc) is 3.17. The normalized spacial score (nSPS) is 34.5. The molecule has 0 radical (unpaired) electrons. The molecule has 0 aromatic carbocycles. The van der Waals surface area contributed by atoms with Gasteiger partial charge in [0, 0.05) is 23.1 Å². The summed E-state index contributed by atoms with van der Waals surface area (Å²) in [4.78, 5) is 30.6. The van der Waals surface area contributed by atoms with Crippen LogP contribution >= 0.6 is 11.3 Å². The summed E-state index contributed by atoms with van der Waals surface area (Å²) < 4.78 is 6.06. The van der Waals surface area contributed by atoms with Crippen LogP contribution in [-0.4, -0.2) is 22.8 Å². The number of fused-ring (bicyclic) bond motifs is 1. The van der Waals surface area contributed by atoms with E-state index in [1.165, 1.54) is 25.7 Å². The lowest BCUT2D eigenvalue weighted by Crippen LogP contribution is -2.32. The van der Waals surface area contributed by atoms with Gasteiger partial charge in [0.2, 0.25) is 0 Å².